The first-order chi connectivity index (χ1) is 8.57. The van der Waals surface area contributed by atoms with Crippen molar-refractivity contribution in [2.24, 2.45) is 7.05 Å². The van der Waals surface area contributed by atoms with Gasteiger partial charge in [-0.05, 0) is 41.5 Å². The smallest absolute Gasteiger partial charge is 0.0945 e. The zero-order valence-electron chi connectivity index (χ0n) is 13.4. The Hall–Kier alpha value is -0.870. The van der Waals surface area contributed by atoms with Gasteiger partial charge in [0, 0.05) is 36.9 Å². The lowest BCUT2D eigenvalue weighted by Crippen LogP contribution is -2.48. The molecule has 1 aromatic rings. The van der Waals surface area contributed by atoms with Gasteiger partial charge >= 0.3 is 0 Å². The highest BCUT2D eigenvalue weighted by molar-refractivity contribution is 5.01. The number of hydrogen-bond donors (Lipinski definition) is 1. The first-order valence-corrected chi connectivity index (χ1v) is 6.94. The van der Waals surface area contributed by atoms with Gasteiger partial charge in [0.05, 0.1) is 18.5 Å². The number of imidazole rings is 1. The van der Waals surface area contributed by atoms with Crippen LogP contribution in [-0.2, 0) is 18.2 Å². The largest absolute Gasteiger partial charge is 0.374 e. The molecule has 1 heterocycles. The lowest BCUT2D eigenvalue weighted by Gasteiger charge is -2.31. The van der Waals surface area contributed by atoms with E-state index in [4.69, 9.17) is 4.74 Å². The number of aryl methyl sites for hydroxylation is 1. The van der Waals surface area contributed by atoms with Gasteiger partial charge < -0.3 is 14.6 Å². The van der Waals surface area contributed by atoms with Crippen LogP contribution in [0.1, 0.15) is 47.2 Å². The van der Waals surface area contributed by atoms with Crippen LogP contribution in [0.3, 0.4) is 0 Å². The molecular formula is C15H29N3O. The molecule has 0 spiro atoms. The third-order valence-corrected chi connectivity index (χ3v) is 2.73. The second-order valence-corrected chi connectivity index (χ2v) is 7.21. The van der Waals surface area contributed by atoms with Crippen LogP contribution in [0.2, 0.25) is 0 Å². The van der Waals surface area contributed by atoms with Crippen LogP contribution in [0, 0.1) is 0 Å². The molecule has 0 amide bonds. The second kappa shape index (κ2) is 6.06. The van der Waals surface area contributed by atoms with Crippen LogP contribution in [-0.4, -0.2) is 33.3 Å². The van der Waals surface area contributed by atoms with Crippen molar-refractivity contribution in [3.05, 3.63) is 18.2 Å². The zero-order chi connectivity index (χ0) is 14.7. The fourth-order valence-electron chi connectivity index (χ4n) is 1.95. The molecule has 1 rings (SSSR count). The molecule has 4 heteroatoms. The summed E-state index contributed by atoms with van der Waals surface area (Å²) in [5.74, 6) is 0. The summed E-state index contributed by atoms with van der Waals surface area (Å²) in [6, 6.07) is 0.287. The fourth-order valence-corrected chi connectivity index (χ4v) is 1.95. The number of nitrogens with zero attached hydrogens (tertiary/aromatic N) is 2. The van der Waals surface area contributed by atoms with Crippen molar-refractivity contribution in [1.29, 1.82) is 0 Å². The monoisotopic (exact) mass is 267 g/mol. The number of hydrogen-bond acceptors (Lipinski definition) is 3. The highest BCUT2D eigenvalue weighted by Crippen LogP contribution is 2.12. The van der Waals surface area contributed by atoms with E-state index in [1.54, 1.807) is 0 Å². The molecule has 0 aliphatic carbocycles. The second-order valence-electron chi connectivity index (χ2n) is 7.21. The van der Waals surface area contributed by atoms with Gasteiger partial charge in [-0.1, -0.05) is 0 Å². The molecule has 1 aromatic heterocycles. The Kier molecular flexibility index (Phi) is 5.16. The van der Waals surface area contributed by atoms with Crippen molar-refractivity contribution in [3.8, 4) is 0 Å². The molecule has 0 radical (unpaired) electrons. The number of nitrogens with one attached hydrogen (secondary N) is 1. The minimum atomic E-state index is -0.107. The van der Waals surface area contributed by atoms with Gasteiger partial charge in [-0.25, -0.2) is 4.98 Å². The van der Waals surface area contributed by atoms with Gasteiger partial charge in [0.15, 0.2) is 0 Å². The van der Waals surface area contributed by atoms with Crippen LogP contribution in [0.4, 0.5) is 0 Å². The summed E-state index contributed by atoms with van der Waals surface area (Å²) in [5.41, 5.74) is 1.19. The molecule has 0 aromatic carbocycles. The zero-order valence-corrected chi connectivity index (χ0v) is 13.4. The number of aromatic nitrogens is 2. The summed E-state index contributed by atoms with van der Waals surface area (Å²) in [5, 5.41) is 3.63. The van der Waals surface area contributed by atoms with Gasteiger partial charge in [0.2, 0.25) is 0 Å². The van der Waals surface area contributed by atoms with Crippen LogP contribution >= 0.6 is 0 Å². The quantitative estimate of drug-likeness (QED) is 0.891. The van der Waals surface area contributed by atoms with Crippen molar-refractivity contribution in [3.63, 3.8) is 0 Å². The summed E-state index contributed by atoms with van der Waals surface area (Å²) in [4.78, 5) is 4.17. The Morgan fingerprint density at radius 1 is 1.26 bits per heavy atom. The summed E-state index contributed by atoms with van der Waals surface area (Å²) >= 11 is 0. The van der Waals surface area contributed by atoms with E-state index >= 15 is 0 Å². The van der Waals surface area contributed by atoms with E-state index in [9.17, 15) is 0 Å². The summed E-state index contributed by atoms with van der Waals surface area (Å²) in [7, 11) is 2.03. The highest BCUT2D eigenvalue weighted by atomic mass is 16.5. The fraction of sp³-hybridized carbons (Fsp3) is 0.800. The summed E-state index contributed by atoms with van der Waals surface area (Å²) < 4.78 is 8.00. The molecule has 0 fully saturated rings. The first-order valence-electron chi connectivity index (χ1n) is 6.94. The van der Waals surface area contributed by atoms with Gasteiger partial charge in [-0.3, -0.25) is 0 Å². The molecule has 110 valence electrons. The maximum Gasteiger partial charge on any atom is 0.0945 e. The number of rotatable bonds is 5. The lowest BCUT2D eigenvalue weighted by atomic mass is 10.0. The Morgan fingerprint density at radius 3 is 2.32 bits per heavy atom. The van der Waals surface area contributed by atoms with Gasteiger partial charge in [0.1, 0.15) is 0 Å². The lowest BCUT2D eigenvalue weighted by molar-refractivity contribution is -0.0174. The maximum absolute atomic E-state index is 5.93. The molecule has 1 unspecified atom stereocenters. The summed E-state index contributed by atoms with van der Waals surface area (Å²) in [6.07, 6.45) is 4.69. The van der Waals surface area contributed by atoms with E-state index < -0.39 is 0 Å². The number of ether oxygens (including phenoxy) is 1. The Labute approximate surface area is 117 Å². The average Bonchev–Trinajstić information content (AvgIpc) is 2.58. The molecule has 0 saturated carbocycles. The van der Waals surface area contributed by atoms with E-state index in [1.807, 2.05) is 19.6 Å². The molecule has 4 nitrogen and oxygen atoms in total. The topological polar surface area (TPSA) is 39.1 Å². The Balaban J connectivity index is 2.67. The SMILES string of the molecule is Cn1cncc1CC(COC(C)(C)C)NC(C)(C)C. The normalized spacial score (nSPS) is 14.7. The Morgan fingerprint density at radius 2 is 1.89 bits per heavy atom. The van der Waals surface area contributed by atoms with Crippen molar-refractivity contribution < 1.29 is 4.74 Å². The minimum Gasteiger partial charge on any atom is -0.374 e. The third-order valence-electron chi connectivity index (χ3n) is 2.73. The maximum atomic E-state index is 5.93. The molecule has 0 aliphatic heterocycles. The van der Waals surface area contributed by atoms with E-state index in [2.05, 4.69) is 56.4 Å². The van der Waals surface area contributed by atoms with E-state index in [-0.39, 0.29) is 17.2 Å². The molecule has 19 heavy (non-hydrogen) atoms. The first kappa shape index (κ1) is 16.2. The standard InChI is InChI=1S/C15H29N3O/c1-14(2,3)17-12(10-19-15(4,5)6)8-13-9-16-11-18(13)7/h9,11-12,17H,8,10H2,1-7H3. The molecule has 0 bridgehead atoms. The van der Waals surface area contributed by atoms with E-state index in [1.165, 1.54) is 5.69 Å². The average molecular weight is 267 g/mol. The Bertz CT molecular complexity index is 385. The van der Waals surface area contributed by atoms with Gasteiger partial charge in [-0.2, -0.15) is 0 Å². The minimum absolute atomic E-state index is 0.0739. The van der Waals surface area contributed by atoms with Gasteiger partial charge in [0.25, 0.3) is 0 Å². The molecular weight excluding hydrogens is 238 g/mol. The van der Waals surface area contributed by atoms with Crippen molar-refractivity contribution in [2.45, 2.75) is 65.1 Å². The van der Waals surface area contributed by atoms with Crippen molar-refractivity contribution in [1.82, 2.24) is 14.9 Å². The third kappa shape index (κ3) is 6.73. The van der Waals surface area contributed by atoms with Crippen LogP contribution in [0.15, 0.2) is 12.5 Å². The van der Waals surface area contributed by atoms with Crippen LogP contribution in [0.25, 0.3) is 0 Å². The molecule has 0 saturated heterocycles. The van der Waals surface area contributed by atoms with Crippen molar-refractivity contribution >= 4 is 0 Å². The highest BCUT2D eigenvalue weighted by Gasteiger charge is 2.21. The molecule has 1 atom stereocenters. The molecule has 0 aliphatic rings. The predicted molar refractivity (Wildman–Crippen MR) is 79.3 cm³/mol. The van der Waals surface area contributed by atoms with E-state index in [0.717, 1.165) is 6.42 Å². The molecule has 1 N–H and O–H groups in total. The predicted octanol–water partition coefficient (Wildman–Crippen LogP) is 2.53. The van der Waals surface area contributed by atoms with Crippen LogP contribution in [0.5, 0.6) is 0 Å². The summed E-state index contributed by atoms with van der Waals surface area (Å²) in [6.45, 7) is 13.5. The van der Waals surface area contributed by atoms with Crippen molar-refractivity contribution in [2.75, 3.05) is 6.61 Å². The van der Waals surface area contributed by atoms with Gasteiger partial charge in [-0.15, -0.1) is 0 Å². The van der Waals surface area contributed by atoms with E-state index in [0.29, 0.717) is 6.61 Å². The van der Waals surface area contributed by atoms with Crippen LogP contribution < -0.4 is 5.32 Å².